The summed E-state index contributed by atoms with van der Waals surface area (Å²) in [5, 5.41) is 7.00. The molecule has 0 saturated carbocycles. The van der Waals surface area contributed by atoms with Crippen LogP contribution in [0.25, 0.3) is 0 Å². The third-order valence-electron chi connectivity index (χ3n) is 6.04. The van der Waals surface area contributed by atoms with Crippen LogP contribution in [0, 0.1) is 11.3 Å². The number of aliphatic imine (C=N–C) groups is 1. The van der Waals surface area contributed by atoms with Gasteiger partial charge in [0.25, 0.3) is 0 Å². The molecule has 4 rings (SSSR count). The van der Waals surface area contributed by atoms with Gasteiger partial charge < -0.3 is 15.4 Å². The zero-order valence-electron chi connectivity index (χ0n) is 15.2. The second kappa shape index (κ2) is 7.34. The molecule has 2 fully saturated rings. The zero-order valence-corrected chi connectivity index (χ0v) is 15.2. The van der Waals surface area contributed by atoms with Gasteiger partial charge in [0.05, 0.1) is 6.54 Å². The van der Waals surface area contributed by atoms with E-state index < -0.39 is 0 Å². The minimum absolute atomic E-state index is 0.394. The number of nitrogens with one attached hydrogen (secondary N) is 2. The first-order valence-corrected chi connectivity index (χ1v) is 9.62. The Labute approximate surface area is 150 Å². The standard InChI is InChI=1S/C20H30N4O/c1-16-11-21-19(23-16)22-12-18-14-24(13-17-5-3-2-4-6-17)15-20(18)7-9-25-10-8-20/h2-6,16,18H,7-15H2,1H3,(H2,21,22,23). The molecule has 0 amide bonds. The Morgan fingerprint density at radius 1 is 1.28 bits per heavy atom. The molecule has 0 bridgehead atoms. The average molecular weight is 342 g/mol. The molecule has 2 saturated heterocycles. The lowest BCUT2D eigenvalue weighted by atomic mass is 9.72. The minimum Gasteiger partial charge on any atom is -0.381 e. The Hall–Kier alpha value is -1.59. The van der Waals surface area contributed by atoms with Gasteiger partial charge in [-0.2, -0.15) is 0 Å². The van der Waals surface area contributed by atoms with E-state index in [1.54, 1.807) is 0 Å². The van der Waals surface area contributed by atoms with Crippen molar-refractivity contribution in [1.82, 2.24) is 15.5 Å². The van der Waals surface area contributed by atoms with Crippen molar-refractivity contribution >= 4 is 5.96 Å². The van der Waals surface area contributed by atoms with Gasteiger partial charge in [0.2, 0.25) is 0 Å². The number of nitrogens with zero attached hydrogens (tertiary/aromatic N) is 2. The van der Waals surface area contributed by atoms with Crippen molar-refractivity contribution in [3.63, 3.8) is 0 Å². The lowest BCUT2D eigenvalue weighted by molar-refractivity contribution is 0.000284. The minimum atomic E-state index is 0.394. The maximum atomic E-state index is 5.68. The molecule has 5 heteroatoms. The van der Waals surface area contributed by atoms with E-state index in [9.17, 15) is 0 Å². The van der Waals surface area contributed by atoms with Crippen LogP contribution < -0.4 is 10.6 Å². The Kier molecular flexibility index (Phi) is 4.95. The van der Waals surface area contributed by atoms with E-state index in [1.165, 1.54) is 24.9 Å². The highest BCUT2D eigenvalue weighted by atomic mass is 16.5. The lowest BCUT2D eigenvalue weighted by Gasteiger charge is -2.38. The Morgan fingerprint density at radius 2 is 2.08 bits per heavy atom. The normalized spacial score (nSPS) is 28.8. The zero-order chi connectivity index (χ0) is 17.1. The SMILES string of the molecule is CC1CN=C(NCC2CN(Cc3ccccc3)CC23CCOCC3)N1. The van der Waals surface area contributed by atoms with Gasteiger partial charge in [-0.15, -0.1) is 0 Å². The molecule has 0 aromatic heterocycles. The molecule has 0 radical (unpaired) electrons. The third kappa shape index (κ3) is 3.82. The highest BCUT2D eigenvalue weighted by Crippen LogP contribution is 2.44. The van der Waals surface area contributed by atoms with Crippen molar-refractivity contribution < 1.29 is 4.74 Å². The number of ether oxygens (including phenoxy) is 1. The molecule has 3 heterocycles. The van der Waals surface area contributed by atoms with Crippen LogP contribution in [0.4, 0.5) is 0 Å². The molecule has 1 spiro atoms. The summed E-state index contributed by atoms with van der Waals surface area (Å²) in [5.74, 6) is 1.64. The summed E-state index contributed by atoms with van der Waals surface area (Å²) in [6.45, 7) is 9.28. The Morgan fingerprint density at radius 3 is 2.80 bits per heavy atom. The number of rotatable bonds is 4. The second-order valence-corrected chi connectivity index (χ2v) is 7.94. The predicted molar refractivity (Wildman–Crippen MR) is 101 cm³/mol. The van der Waals surface area contributed by atoms with Crippen molar-refractivity contribution in [1.29, 1.82) is 0 Å². The van der Waals surface area contributed by atoms with E-state index in [-0.39, 0.29) is 0 Å². The first-order valence-electron chi connectivity index (χ1n) is 9.62. The van der Waals surface area contributed by atoms with E-state index in [4.69, 9.17) is 4.74 Å². The van der Waals surface area contributed by atoms with Crippen molar-refractivity contribution in [3.8, 4) is 0 Å². The van der Waals surface area contributed by atoms with Crippen LogP contribution in [0.1, 0.15) is 25.3 Å². The molecular weight excluding hydrogens is 312 g/mol. The second-order valence-electron chi connectivity index (χ2n) is 7.94. The van der Waals surface area contributed by atoms with Gasteiger partial charge in [0.1, 0.15) is 0 Å². The summed E-state index contributed by atoms with van der Waals surface area (Å²) in [7, 11) is 0. The van der Waals surface area contributed by atoms with Crippen molar-refractivity contribution in [2.45, 2.75) is 32.4 Å². The lowest BCUT2D eigenvalue weighted by Crippen LogP contribution is -2.45. The first-order chi connectivity index (χ1) is 12.2. The number of benzene rings is 1. The molecule has 2 atom stereocenters. The van der Waals surface area contributed by atoms with Crippen molar-refractivity contribution in [3.05, 3.63) is 35.9 Å². The van der Waals surface area contributed by atoms with Crippen LogP contribution in [0.2, 0.25) is 0 Å². The molecule has 0 aliphatic carbocycles. The van der Waals surface area contributed by atoms with E-state index in [2.05, 4.69) is 57.8 Å². The highest BCUT2D eigenvalue weighted by Gasteiger charge is 2.46. The van der Waals surface area contributed by atoms with Crippen LogP contribution in [0.15, 0.2) is 35.3 Å². The molecule has 3 aliphatic heterocycles. The molecule has 1 aromatic carbocycles. The summed E-state index contributed by atoms with van der Waals surface area (Å²) in [4.78, 5) is 7.19. The molecule has 25 heavy (non-hydrogen) atoms. The van der Waals surface area contributed by atoms with Crippen LogP contribution in [0.5, 0.6) is 0 Å². The fourth-order valence-corrected chi connectivity index (χ4v) is 4.61. The Balaban J connectivity index is 1.41. The summed E-state index contributed by atoms with van der Waals surface area (Å²) >= 11 is 0. The van der Waals surface area contributed by atoms with Gasteiger partial charge in [-0.25, -0.2) is 0 Å². The molecule has 2 N–H and O–H groups in total. The average Bonchev–Trinajstić information content (AvgIpc) is 3.18. The summed E-state index contributed by atoms with van der Waals surface area (Å²) < 4.78 is 5.68. The Bertz CT molecular complexity index is 597. The number of guanidine groups is 1. The van der Waals surface area contributed by atoms with Crippen molar-refractivity contribution in [2.75, 3.05) is 39.4 Å². The van der Waals surface area contributed by atoms with Gasteiger partial charge >= 0.3 is 0 Å². The molecule has 1 aromatic rings. The smallest absolute Gasteiger partial charge is 0.191 e. The number of hydrogen-bond acceptors (Lipinski definition) is 5. The van der Waals surface area contributed by atoms with Gasteiger partial charge in [-0.1, -0.05) is 30.3 Å². The third-order valence-corrected chi connectivity index (χ3v) is 6.04. The topological polar surface area (TPSA) is 48.9 Å². The van der Waals surface area contributed by atoms with Gasteiger partial charge in [0, 0.05) is 45.4 Å². The first kappa shape index (κ1) is 16.9. The van der Waals surface area contributed by atoms with Crippen molar-refractivity contribution in [2.24, 2.45) is 16.3 Å². The van der Waals surface area contributed by atoms with Gasteiger partial charge in [0.15, 0.2) is 5.96 Å². The quantitative estimate of drug-likeness (QED) is 0.877. The monoisotopic (exact) mass is 342 g/mol. The maximum absolute atomic E-state index is 5.68. The summed E-state index contributed by atoms with van der Waals surface area (Å²) in [6.07, 6.45) is 2.36. The molecule has 5 nitrogen and oxygen atoms in total. The van der Waals surface area contributed by atoms with E-state index >= 15 is 0 Å². The number of hydrogen-bond donors (Lipinski definition) is 2. The fourth-order valence-electron chi connectivity index (χ4n) is 4.61. The predicted octanol–water partition coefficient (Wildman–Crippen LogP) is 1.85. The largest absolute Gasteiger partial charge is 0.381 e. The van der Waals surface area contributed by atoms with Crippen LogP contribution >= 0.6 is 0 Å². The van der Waals surface area contributed by atoms with Crippen LogP contribution in [0.3, 0.4) is 0 Å². The molecule has 136 valence electrons. The van der Waals surface area contributed by atoms with E-state index in [0.29, 0.717) is 17.4 Å². The molecular formula is C20H30N4O. The highest BCUT2D eigenvalue weighted by molar-refractivity contribution is 5.81. The van der Waals surface area contributed by atoms with E-state index in [0.717, 1.165) is 45.4 Å². The van der Waals surface area contributed by atoms with Crippen LogP contribution in [-0.4, -0.2) is 56.3 Å². The van der Waals surface area contributed by atoms with E-state index in [1.807, 2.05) is 0 Å². The summed E-state index contributed by atoms with van der Waals surface area (Å²) in [6, 6.07) is 11.3. The maximum Gasteiger partial charge on any atom is 0.191 e. The van der Waals surface area contributed by atoms with Crippen LogP contribution in [-0.2, 0) is 11.3 Å². The van der Waals surface area contributed by atoms with Gasteiger partial charge in [-0.3, -0.25) is 9.89 Å². The molecule has 2 unspecified atom stereocenters. The summed E-state index contributed by atoms with van der Waals surface area (Å²) in [5.41, 5.74) is 1.80. The molecule has 3 aliphatic rings. The fraction of sp³-hybridized carbons (Fsp3) is 0.650. The van der Waals surface area contributed by atoms with Gasteiger partial charge in [-0.05, 0) is 36.7 Å². The number of likely N-dealkylation sites (tertiary alicyclic amines) is 1.